The topological polar surface area (TPSA) is 258 Å². The van der Waals surface area contributed by atoms with Gasteiger partial charge >= 0.3 is 5.97 Å². The third kappa shape index (κ3) is 12.3. The second-order valence-corrected chi connectivity index (χ2v) is 7.46. The number of aliphatic carboxylic acids is 1. The van der Waals surface area contributed by atoms with E-state index in [1.807, 2.05) is 0 Å². The molecule has 14 nitrogen and oxygen atoms in total. The average Bonchev–Trinajstić information content (AvgIpc) is 2.69. The highest BCUT2D eigenvalue weighted by atomic mass is 16.4. The summed E-state index contributed by atoms with van der Waals surface area (Å²) in [6.45, 7) is 3.24. The van der Waals surface area contributed by atoms with Crippen LogP contribution in [0.5, 0.6) is 0 Å². The maximum absolute atomic E-state index is 12.6. The van der Waals surface area contributed by atoms with Gasteiger partial charge in [0, 0.05) is 13.0 Å². The summed E-state index contributed by atoms with van der Waals surface area (Å²) >= 11 is 0. The van der Waals surface area contributed by atoms with E-state index < -0.39 is 54.3 Å². The molecule has 182 valence electrons. The predicted octanol–water partition coefficient (Wildman–Crippen LogP) is -3.54. The van der Waals surface area contributed by atoms with Crippen molar-refractivity contribution in [1.82, 2.24) is 16.0 Å². The molecular weight excluding hydrogens is 424 g/mol. The zero-order chi connectivity index (χ0) is 24.8. The Morgan fingerprint density at radius 3 is 2.06 bits per heavy atom. The lowest BCUT2D eigenvalue weighted by Gasteiger charge is -2.22. The van der Waals surface area contributed by atoms with Crippen molar-refractivity contribution in [1.29, 1.82) is 0 Å². The fourth-order valence-corrected chi connectivity index (χ4v) is 2.42. The summed E-state index contributed by atoms with van der Waals surface area (Å²) < 4.78 is 0. The second kappa shape index (κ2) is 14.6. The average molecular weight is 459 g/mol. The minimum absolute atomic E-state index is 0.0793. The van der Waals surface area contributed by atoms with Crippen LogP contribution in [0.3, 0.4) is 0 Å². The number of carbonyl (C=O) groups is 5. The highest BCUT2D eigenvalue weighted by Crippen LogP contribution is 2.03. The molecule has 14 heteroatoms. The molecule has 32 heavy (non-hydrogen) atoms. The summed E-state index contributed by atoms with van der Waals surface area (Å²) in [4.78, 5) is 62.8. The van der Waals surface area contributed by atoms with Crippen molar-refractivity contribution >= 4 is 35.6 Å². The molecule has 3 unspecified atom stereocenters. The first-order chi connectivity index (χ1) is 14.8. The van der Waals surface area contributed by atoms with Crippen LogP contribution in [0.1, 0.15) is 39.5 Å². The molecule has 0 aliphatic heterocycles. The Hall–Kier alpha value is -3.42. The quantitative estimate of drug-likeness (QED) is 0.0685. The van der Waals surface area contributed by atoms with E-state index in [1.54, 1.807) is 13.8 Å². The summed E-state index contributed by atoms with van der Waals surface area (Å²) in [5.74, 6) is -4.35. The third-order valence-corrected chi connectivity index (χ3v) is 4.34. The van der Waals surface area contributed by atoms with Gasteiger partial charge in [-0.2, -0.15) is 0 Å². The fraction of sp³-hybridized carbons (Fsp3) is 0.667. The van der Waals surface area contributed by atoms with Crippen molar-refractivity contribution in [3.8, 4) is 0 Å². The number of carbonyl (C=O) groups excluding carboxylic acids is 4. The van der Waals surface area contributed by atoms with Crippen LogP contribution in [0.2, 0.25) is 0 Å². The van der Waals surface area contributed by atoms with Crippen molar-refractivity contribution < 1.29 is 29.1 Å². The number of carboxylic acid groups (broad SMARTS) is 1. The van der Waals surface area contributed by atoms with E-state index in [0.29, 0.717) is 6.42 Å². The molecular formula is C18H34N8O6. The van der Waals surface area contributed by atoms with Crippen LogP contribution in [-0.4, -0.2) is 71.9 Å². The molecule has 12 N–H and O–H groups in total. The van der Waals surface area contributed by atoms with Gasteiger partial charge < -0.3 is 44.0 Å². The molecule has 0 aromatic carbocycles. The Bertz CT molecular complexity index is 708. The minimum Gasteiger partial charge on any atom is -0.480 e. The number of nitrogens with zero attached hydrogens (tertiary/aromatic N) is 1. The van der Waals surface area contributed by atoms with Crippen molar-refractivity contribution in [3.05, 3.63) is 0 Å². The fourth-order valence-electron chi connectivity index (χ4n) is 2.42. The largest absolute Gasteiger partial charge is 0.480 e. The van der Waals surface area contributed by atoms with Gasteiger partial charge in [0.05, 0.1) is 12.6 Å². The maximum Gasteiger partial charge on any atom is 0.326 e. The lowest BCUT2D eigenvalue weighted by molar-refractivity contribution is -0.142. The first-order valence-electron chi connectivity index (χ1n) is 10.0. The predicted molar refractivity (Wildman–Crippen MR) is 116 cm³/mol. The molecule has 4 amide bonds. The van der Waals surface area contributed by atoms with Gasteiger partial charge in [0.15, 0.2) is 5.96 Å². The smallest absolute Gasteiger partial charge is 0.326 e. The Balaban J connectivity index is 5.10. The molecule has 0 fully saturated rings. The van der Waals surface area contributed by atoms with Crippen molar-refractivity contribution in [2.75, 3.05) is 13.1 Å². The number of nitrogens with two attached hydrogens (primary N) is 4. The number of primary amides is 1. The zero-order valence-electron chi connectivity index (χ0n) is 18.3. The Kier molecular flexibility index (Phi) is 13.0. The van der Waals surface area contributed by atoms with E-state index in [1.165, 1.54) is 0 Å². The number of hydrogen-bond donors (Lipinski definition) is 8. The van der Waals surface area contributed by atoms with Gasteiger partial charge in [0.25, 0.3) is 0 Å². The molecule has 0 rings (SSSR count). The van der Waals surface area contributed by atoms with Crippen LogP contribution in [0.25, 0.3) is 0 Å². The molecule has 0 heterocycles. The zero-order valence-corrected chi connectivity index (χ0v) is 18.3. The number of rotatable bonds is 15. The van der Waals surface area contributed by atoms with E-state index in [9.17, 15) is 29.1 Å². The van der Waals surface area contributed by atoms with Crippen LogP contribution in [0.4, 0.5) is 0 Å². The Labute approximate surface area is 185 Å². The summed E-state index contributed by atoms with van der Waals surface area (Å²) in [5.41, 5.74) is 21.2. The highest BCUT2D eigenvalue weighted by molar-refractivity contribution is 5.92. The number of amides is 4. The van der Waals surface area contributed by atoms with Crippen LogP contribution in [0, 0.1) is 5.92 Å². The van der Waals surface area contributed by atoms with Crippen LogP contribution >= 0.6 is 0 Å². The van der Waals surface area contributed by atoms with Crippen molar-refractivity contribution in [2.24, 2.45) is 33.8 Å². The molecule has 0 saturated carbocycles. The number of carboxylic acids is 1. The number of nitrogens with one attached hydrogen (secondary N) is 3. The van der Waals surface area contributed by atoms with Gasteiger partial charge in [0.2, 0.25) is 23.6 Å². The third-order valence-electron chi connectivity index (χ3n) is 4.34. The molecule has 0 spiro atoms. The standard InChI is InChI=1S/C18H34N8O6/c1-9(2)14(20)16(30)24-8-13(28)25-10(4-3-7-23-18(21)22)15(29)26-11(17(31)32)5-6-12(19)27/h9-11,14H,3-8,20H2,1-2H3,(H2,19,27)(H,24,30)(H,25,28)(H,26,29)(H,31,32)(H4,21,22,23). The van der Waals surface area contributed by atoms with E-state index in [4.69, 9.17) is 22.9 Å². The van der Waals surface area contributed by atoms with Gasteiger partial charge in [-0.15, -0.1) is 0 Å². The first-order valence-corrected chi connectivity index (χ1v) is 10.0. The number of hydrogen-bond acceptors (Lipinski definition) is 7. The number of aliphatic imine (C=N–C) groups is 1. The van der Waals surface area contributed by atoms with Gasteiger partial charge in [-0.1, -0.05) is 13.8 Å². The van der Waals surface area contributed by atoms with Crippen LogP contribution in [0.15, 0.2) is 4.99 Å². The van der Waals surface area contributed by atoms with Gasteiger partial charge in [-0.3, -0.25) is 24.2 Å². The maximum atomic E-state index is 12.6. The van der Waals surface area contributed by atoms with E-state index in [0.717, 1.165) is 0 Å². The summed E-state index contributed by atoms with van der Waals surface area (Å²) in [6, 6.07) is -3.32. The molecule has 0 aliphatic carbocycles. The highest BCUT2D eigenvalue weighted by Gasteiger charge is 2.27. The van der Waals surface area contributed by atoms with Gasteiger partial charge in [-0.25, -0.2) is 4.79 Å². The Morgan fingerprint density at radius 1 is 0.938 bits per heavy atom. The van der Waals surface area contributed by atoms with Crippen LogP contribution in [-0.2, 0) is 24.0 Å². The minimum atomic E-state index is -1.38. The second-order valence-electron chi connectivity index (χ2n) is 7.46. The number of guanidine groups is 1. The van der Waals surface area contributed by atoms with Crippen LogP contribution < -0.4 is 38.9 Å². The van der Waals surface area contributed by atoms with E-state index in [2.05, 4.69) is 20.9 Å². The summed E-state index contributed by atoms with van der Waals surface area (Å²) in [5, 5.41) is 16.3. The van der Waals surface area contributed by atoms with E-state index in [-0.39, 0.29) is 37.7 Å². The SMILES string of the molecule is CC(C)C(N)C(=O)NCC(=O)NC(CCCN=C(N)N)C(=O)NC(CCC(N)=O)C(=O)O. The molecule has 0 aromatic heterocycles. The van der Waals surface area contributed by atoms with E-state index >= 15 is 0 Å². The molecule has 0 saturated heterocycles. The monoisotopic (exact) mass is 458 g/mol. The molecule has 0 aliphatic rings. The first kappa shape index (κ1) is 28.6. The Morgan fingerprint density at radius 2 is 1.56 bits per heavy atom. The van der Waals surface area contributed by atoms with Gasteiger partial charge in [0.1, 0.15) is 12.1 Å². The molecule has 3 atom stereocenters. The molecule has 0 radical (unpaired) electrons. The molecule has 0 bridgehead atoms. The summed E-state index contributed by atoms with van der Waals surface area (Å²) in [6.07, 6.45) is -0.0923. The summed E-state index contributed by atoms with van der Waals surface area (Å²) in [7, 11) is 0. The van der Waals surface area contributed by atoms with Crippen molar-refractivity contribution in [2.45, 2.75) is 57.7 Å². The lowest BCUT2D eigenvalue weighted by atomic mass is 10.1. The normalized spacial score (nSPS) is 13.4. The lowest BCUT2D eigenvalue weighted by Crippen LogP contribution is -2.54. The van der Waals surface area contributed by atoms with Gasteiger partial charge in [-0.05, 0) is 25.2 Å². The molecule has 0 aromatic rings. The van der Waals surface area contributed by atoms with Crippen molar-refractivity contribution in [3.63, 3.8) is 0 Å².